The number of likely N-dealkylation sites (N-methyl/N-ethyl adjacent to an activating group) is 2. The Morgan fingerprint density at radius 3 is 2.13 bits per heavy atom. The van der Waals surface area contributed by atoms with Crippen LogP contribution in [-0.2, 0) is 14.8 Å². The third-order valence-electron chi connectivity index (χ3n) is 4.46. The number of sulfonamides is 1. The van der Waals surface area contributed by atoms with Crippen LogP contribution >= 0.6 is 0 Å². The lowest BCUT2D eigenvalue weighted by Gasteiger charge is -2.20. The summed E-state index contributed by atoms with van der Waals surface area (Å²) in [6.07, 6.45) is 0. The molecule has 0 radical (unpaired) electrons. The van der Waals surface area contributed by atoms with E-state index >= 15 is 0 Å². The first-order valence-electron chi connectivity index (χ1n) is 9.14. The van der Waals surface area contributed by atoms with Crippen molar-refractivity contribution in [3.8, 4) is 22.6 Å². The minimum atomic E-state index is -3.53. The maximum absolute atomic E-state index is 12.8. The molecule has 0 unspecified atom stereocenters. The van der Waals surface area contributed by atoms with Gasteiger partial charge in [0, 0.05) is 25.7 Å². The van der Waals surface area contributed by atoms with E-state index in [0.717, 1.165) is 16.7 Å². The van der Waals surface area contributed by atoms with Crippen molar-refractivity contribution in [1.29, 1.82) is 0 Å². The van der Waals surface area contributed by atoms with E-state index in [0.29, 0.717) is 24.6 Å². The first-order valence-corrected chi connectivity index (χ1v) is 10.6. The zero-order chi connectivity index (χ0) is 22.9. The van der Waals surface area contributed by atoms with E-state index in [4.69, 9.17) is 19.4 Å². The van der Waals surface area contributed by atoms with Crippen LogP contribution in [0.15, 0.2) is 41.3 Å². The van der Waals surface area contributed by atoms with Crippen LogP contribution in [0.25, 0.3) is 11.1 Å². The average Bonchev–Trinajstić information content (AvgIpc) is 2.71. The van der Waals surface area contributed by atoms with E-state index in [-0.39, 0.29) is 11.4 Å². The standard InChI is InChI=1S/C20H28N2O4S.CH2O2/c1-15-14-16(27(23,24)22(4)13-12-21(2)3)10-11-17(15)18-8-7-9-19(25-5)20(18)26-6;2-1-3/h7-11,14H,12-13H2,1-6H3;1H,(H,2,3). The highest BCUT2D eigenvalue weighted by Gasteiger charge is 2.22. The molecule has 0 atom stereocenters. The van der Waals surface area contributed by atoms with Crippen LogP contribution in [0.2, 0.25) is 0 Å². The van der Waals surface area contributed by atoms with Crippen LogP contribution in [-0.4, -0.2) is 77.7 Å². The fourth-order valence-electron chi connectivity index (χ4n) is 2.84. The summed E-state index contributed by atoms with van der Waals surface area (Å²) in [7, 11) is 5.09. The van der Waals surface area contributed by atoms with Crippen LogP contribution < -0.4 is 9.47 Å². The molecular formula is C21H30N2O6S. The highest BCUT2D eigenvalue weighted by Crippen LogP contribution is 2.39. The molecule has 166 valence electrons. The smallest absolute Gasteiger partial charge is 0.290 e. The number of aryl methyl sites for hydroxylation is 1. The topological polar surface area (TPSA) is 96.4 Å². The maximum atomic E-state index is 12.8. The van der Waals surface area contributed by atoms with E-state index < -0.39 is 10.0 Å². The molecule has 0 amide bonds. The molecule has 9 heteroatoms. The van der Waals surface area contributed by atoms with Gasteiger partial charge in [0.15, 0.2) is 11.5 Å². The first-order chi connectivity index (χ1) is 14.1. The molecule has 2 aromatic carbocycles. The lowest BCUT2D eigenvalue weighted by molar-refractivity contribution is -0.122. The van der Waals surface area contributed by atoms with Crippen molar-refractivity contribution in [3.05, 3.63) is 42.0 Å². The quantitative estimate of drug-likeness (QED) is 0.633. The van der Waals surface area contributed by atoms with E-state index in [2.05, 4.69) is 0 Å². The van der Waals surface area contributed by atoms with Gasteiger partial charge in [-0.05, 0) is 50.3 Å². The van der Waals surface area contributed by atoms with Crippen molar-refractivity contribution in [1.82, 2.24) is 9.21 Å². The molecule has 1 N–H and O–H groups in total. The number of benzene rings is 2. The van der Waals surface area contributed by atoms with Crippen LogP contribution in [0.5, 0.6) is 11.5 Å². The number of methoxy groups -OCH3 is 2. The summed E-state index contributed by atoms with van der Waals surface area (Å²) in [4.78, 5) is 10.6. The van der Waals surface area contributed by atoms with Crippen LogP contribution in [0.3, 0.4) is 0 Å². The van der Waals surface area contributed by atoms with E-state index in [9.17, 15) is 8.42 Å². The minimum Gasteiger partial charge on any atom is -0.493 e. The Bertz CT molecular complexity index is 945. The molecule has 0 spiro atoms. The number of rotatable bonds is 8. The largest absolute Gasteiger partial charge is 0.493 e. The summed E-state index contributed by atoms with van der Waals surface area (Å²) in [6.45, 7) is 2.74. The first kappa shape index (κ1) is 25.4. The predicted octanol–water partition coefficient (Wildman–Crippen LogP) is 2.56. The third-order valence-corrected chi connectivity index (χ3v) is 6.31. The fraction of sp³-hybridized carbons (Fsp3) is 0.381. The number of carbonyl (C=O) groups is 1. The van der Waals surface area contributed by atoms with Crippen molar-refractivity contribution in [2.75, 3.05) is 48.5 Å². The lowest BCUT2D eigenvalue weighted by Crippen LogP contribution is -2.33. The number of nitrogens with zero attached hydrogens (tertiary/aromatic N) is 2. The molecule has 0 bridgehead atoms. The molecule has 0 aliphatic carbocycles. The molecule has 0 heterocycles. The Morgan fingerprint density at radius 2 is 1.63 bits per heavy atom. The molecule has 0 aliphatic rings. The SMILES string of the molecule is COc1cccc(-c2ccc(S(=O)(=O)N(C)CCN(C)C)cc2C)c1OC.O=CO. The fourth-order valence-corrected chi connectivity index (χ4v) is 4.09. The van der Waals surface area contributed by atoms with Gasteiger partial charge in [0.25, 0.3) is 6.47 Å². The Hall–Kier alpha value is -2.62. The lowest BCUT2D eigenvalue weighted by atomic mass is 9.99. The van der Waals surface area contributed by atoms with Gasteiger partial charge in [0.05, 0.1) is 19.1 Å². The number of ether oxygens (including phenoxy) is 2. The monoisotopic (exact) mass is 438 g/mol. The zero-order valence-electron chi connectivity index (χ0n) is 18.2. The van der Waals surface area contributed by atoms with E-state index in [1.807, 2.05) is 50.2 Å². The molecule has 0 saturated carbocycles. The van der Waals surface area contributed by atoms with Crippen molar-refractivity contribution in [3.63, 3.8) is 0 Å². The van der Waals surface area contributed by atoms with Gasteiger partial charge in [-0.3, -0.25) is 4.79 Å². The van der Waals surface area contributed by atoms with Gasteiger partial charge in [0.1, 0.15) is 0 Å². The van der Waals surface area contributed by atoms with Gasteiger partial charge in [-0.2, -0.15) is 4.31 Å². The van der Waals surface area contributed by atoms with Gasteiger partial charge in [-0.25, -0.2) is 8.42 Å². The van der Waals surface area contributed by atoms with Gasteiger partial charge < -0.3 is 19.5 Å². The Labute approximate surface area is 178 Å². The molecule has 0 aliphatic heterocycles. The molecular weight excluding hydrogens is 408 g/mol. The number of hydrogen-bond acceptors (Lipinski definition) is 6. The molecule has 30 heavy (non-hydrogen) atoms. The summed E-state index contributed by atoms with van der Waals surface area (Å²) in [6, 6.07) is 10.8. The summed E-state index contributed by atoms with van der Waals surface area (Å²) >= 11 is 0. The Morgan fingerprint density at radius 1 is 1.00 bits per heavy atom. The molecule has 0 aromatic heterocycles. The van der Waals surface area contributed by atoms with Crippen molar-refractivity contribution in [2.24, 2.45) is 0 Å². The summed E-state index contributed by atoms with van der Waals surface area (Å²) in [5, 5.41) is 6.89. The van der Waals surface area contributed by atoms with Crippen LogP contribution in [0.1, 0.15) is 5.56 Å². The van der Waals surface area contributed by atoms with Crippen molar-refractivity contribution in [2.45, 2.75) is 11.8 Å². The normalized spacial score (nSPS) is 11.1. The number of hydrogen-bond donors (Lipinski definition) is 1. The van der Waals surface area contributed by atoms with E-state index in [1.54, 1.807) is 33.4 Å². The highest BCUT2D eigenvalue weighted by atomic mass is 32.2. The van der Waals surface area contributed by atoms with Gasteiger partial charge in [-0.1, -0.05) is 18.2 Å². The summed E-state index contributed by atoms with van der Waals surface area (Å²) < 4.78 is 37.9. The molecule has 2 rings (SSSR count). The van der Waals surface area contributed by atoms with Crippen molar-refractivity contribution < 1.29 is 27.8 Å². The van der Waals surface area contributed by atoms with Gasteiger partial charge in [0.2, 0.25) is 10.0 Å². The second-order valence-electron chi connectivity index (χ2n) is 6.75. The average molecular weight is 439 g/mol. The van der Waals surface area contributed by atoms with Crippen molar-refractivity contribution >= 4 is 16.5 Å². The van der Waals surface area contributed by atoms with Crippen LogP contribution in [0, 0.1) is 6.92 Å². The maximum Gasteiger partial charge on any atom is 0.290 e. The molecule has 2 aromatic rings. The van der Waals surface area contributed by atoms with Gasteiger partial charge in [-0.15, -0.1) is 0 Å². The van der Waals surface area contributed by atoms with Gasteiger partial charge >= 0.3 is 0 Å². The summed E-state index contributed by atoms with van der Waals surface area (Å²) in [5.74, 6) is 1.26. The Kier molecular flexibility index (Phi) is 9.77. The van der Waals surface area contributed by atoms with Crippen LogP contribution in [0.4, 0.5) is 0 Å². The number of carboxylic acid groups (broad SMARTS) is 1. The second-order valence-corrected chi connectivity index (χ2v) is 8.80. The minimum absolute atomic E-state index is 0.250. The second kappa shape index (κ2) is 11.5. The molecule has 8 nitrogen and oxygen atoms in total. The zero-order valence-corrected chi connectivity index (χ0v) is 19.1. The predicted molar refractivity (Wildman–Crippen MR) is 117 cm³/mol. The third kappa shape index (κ3) is 6.19. The molecule has 0 fully saturated rings. The summed E-state index contributed by atoms with van der Waals surface area (Å²) in [5.41, 5.74) is 2.61. The Balaban J connectivity index is 0.00000141. The highest BCUT2D eigenvalue weighted by molar-refractivity contribution is 7.89. The van der Waals surface area contributed by atoms with E-state index in [1.165, 1.54) is 4.31 Å². The molecule has 0 saturated heterocycles. The number of para-hydroxylation sites is 1.